The molecule has 0 saturated carbocycles. The van der Waals surface area contributed by atoms with E-state index in [-0.39, 0.29) is 11.9 Å². The van der Waals surface area contributed by atoms with Crippen molar-refractivity contribution in [3.05, 3.63) is 34.6 Å². The Kier molecular flexibility index (Phi) is 3.99. The molecule has 17 heavy (non-hydrogen) atoms. The highest BCUT2D eigenvalue weighted by Crippen LogP contribution is 2.27. The molecule has 1 heterocycles. The summed E-state index contributed by atoms with van der Waals surface area (Å²) >= 11 is 6.03. The number of halogens is 2. The zero-order valence-electron chi connectivity index (χ0n) is 9.70. The minimum absolute atomic E-state index is 0.145. The van der Waals surface area contributed by atoms with Gasteiger partial charge in [0.1, 0.15) is 5.82 Å². The Morgan fingerprint density at radius 1 is 1.59 bits per heavy atom. The fraction of sp³-hybridized carbons (Fsp3) is 0.500. The Hall–Kier alpha value is -0.680. The molecule has 5 heteroatoms. The molecule has 3 nitrogen and oxygen atoms in total. The van der Waals surface area contributed by atoms with E-state index in [1.807, 2.05) is 7.05 Å². The number of rotatable bonds is 2. The first-order valence-corrected chi connectivity index (χ1v) is 5.96. The standard InChI is InChI=1S/C12H16ClFN2O/c1-16-4-5-17-11(7-16)12(15)9-6-8(14)2-3-10(9)13/h2-3,6,11-12H,4-5,7,15H2,1H3. The maximum atomic E-state index is 13.2. The summed E-state index contributed by atoms with van der Waals surface area (Å²) in [4.78, 5) is 2.14. The molecule has 0 spiro atoms. The smallest absolute Gasteiger partial charge is 0.123 e. The van der Waals surface area contributed by atoms with Crippen molar-refractivity contribution in [3.63, 3.8) is 0 Å². The molecule has 1 aliphatic heterocycles. The van der Waals surface area contributed by atoms with Crippen LogP contribution in [0, 0.1) is 5.82 Å². The third-order valence-corrected chi connectivity index (χ3v) is 3.36. The van der Waals surface area contributed by atoms with Crippen molar-refractivity contribution in [2.45, 2.75) is 12.1 Å². The predicted molar refractivity (Wildman–Crippen MR) is 65.6 cm³/mol. The largest absolute Gasteiger partial charge is 0.374 e. The highest BCUT2D eigenvalue weighted by atomic mass is 35.5. The fourth-order valence-corrected chi connectivity index (χ4v) is 2.24. The SMILES string of the molecule is CN1CCOC(C(N)c2cc(F)ccc2Cl)C1. The summed E-state index contributed by atoms with van der Waals surface area (Å²) in [5.74, 6) is -0.330. The van der Waals surface area contributed by atoms with Crippen LogP contribution in [0.2, 0.25) is 5.02 Å². The quantitative estimate of drug-likeness (QED) is 0.879. The van der Waals surface area contributed by atoms with Crippen LogP contribution in [0.1, 0.15) is 11.6 Å². The van der Waals surface area contributed by atoms with Gasteiger partial charge in [0, 0.05) is 18.1 Å². The highest BCUT2D eigenvalue weighted by molar-refractivity contribution is 6.31. The van der Waals surface area contributed by atoms with E-state index in [4.69, 9.17) is 22.1 Å². The Morgan fingerprint density at radius 3 is 3.06 bits per heavy atom. The van der Waals surface area contributed by atoms with Crippen LogP contribution in [-0.2, 0) is 4.74 Å². The third-order valence-electron chi connectivity index (χ3n) is 3.01. The third kappa shape index (κ3) is 2.96. The Bertz CT molecular complexity index is 402. The van der Waals surface area contributed by atoms with E-state index in [2.05, 4.69) is 4.90 Å². The number of hydrogen-bond acceptors (Lipinski definition) is 3. The summed E-state index contributed by atoms with van der Waals surface area (Å²) in [5.41, 5.74) is 6.70. The zero-order valence-corrected chi connectivity index (χ0v) is 10.5. The molecular weight excluding hydrogens is 243 g/mol. The maximum absolute atomic E-state index is 13.2. The van der Waals surface area contributed by atoms with Gasteiger partial charge in [-0.2, -0.15) is 0 Å². The molecule has 0 amide bonds. The van der Waals surface area contributed by atoms with Crippen molar-refractivity contribution in [2.24, 2.45) is 5.73 Å². The summed E-state index contributed by atoms with van der Waals surface area (Å²) in [6.45, 7) is 2.26. The normalized spacial score (nSPS) is 23.6. The molecule has 94 valence electrons. The maximum Gasteiger partial charge on any atom is 0.123 e. The van der Waals surface area contributed by atoms with Gasteiger partial charge >= 0.3 is 0 Å². The van der Waals surface area contributed by atoms with Crippen molar-refractivity contribution in [1.29, 1.82) is 0 Å². The Morgan fingerprint density at radius 2 is 2.35 bits per heavy atom. The van der Waals surface area contributed by atoms with Gasteiger partial charge in [-0.15, -0.1) is 0 Å². The molecule has 0 aliphatic carbocycles. The molecule has 2 atom stereocenters. The van der Waals surface area contributed by atoms with Crippen LogP contribution in [0.5, 0.6) is 0 Å². The second-order valence-electron chi connectivity index (χ2n) is 4.36. The number of benzene rings is 1. The van der Waals surface area contributed by atoms with E-state index < -0.39 is 6.04 Å². The van der Waals surface area contributed by atoms with E-state index in [1.165, 1.54) is 18.2 Å². The van der Waals surface area contributed by atoms with Crippen LogP contribution in [0.25, 0.3) is 0 Å². The zero-order chi connectivity index (χ0) is 12.4. The first-order valence-electron chi connectivity index (χ1n) is 5.58. The average Bonchev–Trinajstić information content (AvgIpc) is 2.31. The van der Waals surface area contributed by atoms with Crippen LogP contribution in [0.15, 0.2) is 18.2 Å². The summed E-state index contributed by atoms with van der Waals surface area (Å²) in [7, 11) is 2.01. The van der Waals surface area contributed by atoms with E-state index in [1.54, 1.807) is 0 Å². The van der Waals surface area contributed by atoms with Crippen molar-refractivity contribution in [2.75, 3.05) is 26.7 Å². The van der Waals surface area contributed by atoms with E-state index >= 15 is 0 Å². The second kappa shape index (κ2) is 5.31. The Labute approximate surface area is 105 Å². The van der Waals surface area contributed by atoms with Crippen molar-refractivity contribution in [3.8, 4) is 0 Å². The van der Waals surface area contributed by atoms with Gasteiger partial charge in [0.25, 0.3) is 0 Å². The van der Waals surface area contributed by atoms with Gasteiger partial charge in [-0.1, -0.05) is 11.6 Å². The van der Waals surface area contributed by atoms with E-state index in [0.717, 1.165) is 13.1 Å². The van der Waals surface area contributed by atoms with Crippen molar-refractivity contribution < 1.29 is 9.13 Å². The lowest BCUT2D eigenvalue weighted by Crippen LogP contribution is -2.45. The molecule has 2 unspecified atom stereocenters. The van der Waals surface area contributed by atoms with Gasteiger partial charge in [-0.05, 0) is 30.8 Å². The monoisotopic (exact) mass is 258 g/mol. The van der Waals surface area contributed by atoms with E-state index in [0.29, 0.717) is 17.2 Å². The number of likely N-dealkylation sites (N-methyl/N-ethyl adjacent to an activating group) is 1. The lowest BCUT2D eigenvalue weighted by atomic mass is 10.0. The minimum Gasteiger partial charge on any atom is -0.374 e. The average molecular weight is 259 g/mol. The molecule has 1 fully saturated rings. The molecule has 1 saturated heterocycles. The number of nitrogens with two attached hydrogens (primary N) is 1. The highest BCUT2D eigenvalue weighted by Gasteiger charge is 2.26. The Balaban J connectivity index is 2.18. The van der Waals surface area contributed by atoms with Crippen LogP contribution in [0.4, 0.5) is 4.39 Å². The van der Waals surface area contributed by atoms with Crippen LogP contribution in [0.3, 0.4) is 0 Å². The predicted octanol–water partition coefficient (Wildman–Crippen LogP) is 1.81. The summed E-state index contributed by atoms with van der Waals surface area (Å²) in [5, 5.41) is 0.482. The first-order chi connectivity index (χ1) is 8.08. The van der Waals surface area contributed by atoms with Gasteiger partial charge in [-0.3, -0.25) is 0 Å². The van der Waals surface area contributed by atoms with Gasteiger partial charge < -0.3 is 15.4 Å². The van der Waals surface area contributed by atoms with Crippen LogP contribution >= 0.6 is 11.6 Å². The molecule has 1 aromatic rings. The van der Waals surface area contributed by atoms with Gasteiger partial charge in [-0.25, -0.2) is 4.39 Å². The molecule has 1 aliphatic rings. The lowest BCUT2D eigenvalue weighted by Gasteiger charge is -2.33. The van der Waals surface area contributed by atoms with Crippen LogP contribution in [-0.4, -0.2) is 37.7 Å². The molecular formula is C12H16ClFN2O. The lowest BCUT2D eigenvalue weighted by molar-refractivity contribution is -0.0326. The molecule has 2 rings (SSSR count). The number of hydrogen-bond donors (Lipinski definition) is 1. The number of morpholine rings is 1. The van der Waals surface area contributed by atoms with Gasteiger partial charge in [0.05, 0.1) is 18.8 Å². The van der Waals surface area contributed by atoms with Gasteiger partial charge in [0.2, 0.25) is 0 Å². The number of ether oxygens (including phenoxy) is 1. The molecule has 0 bridgehead atoms. The fourth-order valence-electron chi connectivity index (χ4n) is 2.00. The molecule has 2 N–H and O–H groups in total. The van der Waals surface area contributed by atoms with Crippen molar-refractivity contribution >= 4 is 11.6 Å². The van der Waals surface area contributed by atoms with Gasteiger partial charge in [0.15, 0.2) is 0 Å². The first kappa shape index (κ1) is 12.8. The van der Waals surface area contributed by atoms with Crippen LogP contribution < -0.4 is 5.73 Å². The summed E-state index contributed by atoms with van der Waals surface area (Å²) < 4.78 is 18.8. The number of nitrogens with zero attached hydrogens (tertiary/aromatic N) is 1. The minimum atomic E-state index is -0.402. The van der Waals surface area contributed by atoms with Crippen molar-refractivity contribution in [1.82, 2.24) is 4.90 Å². The molecule has 1 aromatic carbocycles. The topological polar surface area (TPSA) is 38.5 Å². The summed E-state index contributed by atoms with van der Waals surface area (Å²) in [6.07, 6.45) is -0.145. The second-order valence-corrected chi connectivity index (χ2v) is 4.77. The molecule has 0 aromatic heterocycles. The molecule has 0 radical (unpaired) electrons. The summed E-state index contributed by atoms with van der Waals surface area (Å²) in [6, 6.07) is 3.83. The van der Waals surface area contributed by atoms with E-state index in [9.17, 15) is 4.39 Å².